The Morgan fingerprint density at radius 3 is 2.46 bits per heavy atom. The lowest BCUT2D eigenvalue weighted by atomic mass is 10.2. The Morgan fingerprint density at radius 1 is 1.38 bits per heavy atom. The van der Waals surface area contributed by atoms with Gasteiger partial charge in [-0.1, -0.05) is 43.0 Å². The summed E-state index contributed by atoms with van der Waals surface area (Å²) in [7, 11) is 0. The van der Waals surface area contributed by atoms with Gasteiger partial charge in [-0.25, -0.2) is 0 Å². The number of halogens is 1. The monoisotopic (exact) mass is 214 g/mol. The molecule has 0 atom stereocenters. The van der Waals surface area contributed by atoms with Gasteiger partial charge in [0.2, 0.25) is 5.12 Å². The van der Waals surface area contributed by atoms with Gasteiger partial charge in [-0.3, -0.25) is 4.79 Å². The van der Waals surface area contributed by atoms with Gasteiger partial charge >= 0.3 is 0 Å². The largest absolute Gasteiger partial charge is 0.282 e. The maximum absolute atomic E-state index is 11.4. The molecule has 0 aliphatic heterocycles. The molecule has 0 bridgehead atoms. The van der Waals surface area contributed by atoms with Crippen LogP contribution in [-0.4, -0.2) is 10.9 Å². The van der Waals surface area contributed by atoms with Gasteiger partial charge in [-0.15, -0.1) is 11.6 Å². The van der Waals surface area contributed by atoms with Crippen LogP contribution in [0.2, 0.25) is 0 Å². The minimum atomic E-state index is 0.128. The summed E-state index contributed by atoms with van der Waals surface area (Å²) in [6.07, 6.45) is 0. The molecule has 70 valence electrons. The van der Waals surface area contributed by atoms with Crippen molar-refractivity contribution in [1.29, 1.82) is 0 Å². The van der Waals surface area contributed by atoms with E-state index in [2.05, 4.69) is 0 Å². The molecule has 0 saturated carbocycles. The van der Waals surface area contributed by atoms with Gasteiger partial charge in [0, 0.05) is 11.4 Å². The Bertz CT molecular complexity index is 281. The van der Waals surface area contributed by atoms with E-state index in [1.807, 2.05) is 31.2 Å². The molecule has 0 fully saturated rings. The molecular formula is C10H11ClOS. The van der Waals surface area contributed by atoms with Crippen molar-refractivity contribution in [3.63, 3.8) is 0 Å². The van der Waals surface area contributed by atoms with E-state index >= 15 is 0 Å². The van der Waals surface area contributed by atoms with Gasteiger partial charge < -0.3 is 0 Å². The standard InChI is InChI=1S/C10H11ClOS/c1-2-13-10(12)9-5-3-8(7-11)4-6-9/h3-6H,2,7H2,1H3. The van der Waals surface area contributed by atoms with E-state index in [0.29, 0.717) is 5.88 Å². The number of rotatable bonds is 3. The van der Waals surface area contributed by atoms with Crippen LogP contribution in [0.5, 0.6) is 0 Å². The number of thioether (sulfide) groups is 1. The topological polar surface area (TPSA) is 17.1 Å². The minimum absolute atomic E-state index is 0.128. The molecule has 13 heavy (non-hydrogen) atoms. The van der Waals surface area contributed by atoms with E-state index in [1.165, 1.54) is 11.8 Å². The maximum atomic E-state index is 11.4. The van der Waals surface area contributed by atoms with Crippen LogP contribution in [0.4, 0.5) is 0 Å². The molecule has 1 aromatic rings. The van der Waals surface area contributed by atoms with Crippen molar-refractivity contribution >= 4 is 28.5 Å². The first-order valence-corrected chi connectivity index (χ1v) is 5.62. The van der Waals surface area contributed by atoms with E-state index in [4.69, 9.17) is 11.6 Å². The van der Waals surface area contributed by atoms with Crippen LogP contribution >= 0.6 is 23.4 Å². The van der Waals surface area contributed by atoms with E-state index in [1.54, 1.807) is 0 Å². The molecule has 0 aliphatic rings. The highest BCUT2D eigenvalue weighted by molar-refractivity contribution is 8.14. The summed E-state index contributed by atoms with van der Waals surface area (Å²) in [4.78, 5) is 11.4. The fraction of sp³-hybridized carbons (Fsp3) is 0.300. The van der Waals surface area contributed by atoms with Gasteiger partial charge in [0.05, 0.1) is 0 Å². The van der Waals surface area contributed by atoms with Crippen LogP contribution in [0.15, 0.2) is 24.3 Å². The SMILES string of the molecule is CCSC(=O)c1ccc(CCl)cc1. The molecule has 0 aromatic heterocycles. The lowest BCUT2D eigenvalue weighted by Gasteiger charge is -1.99. The predicted octanol–water partition coefficient (Wildman–Crippen LogP) is 3.32. The molecule has 1 aromatic carbocycles. The minimum Gasteiger partial charge on any atom is -0.282 e. The fourth-order valence-electron chi connectivity index (χ4n) is 0.944. The number of hydrogen-bond acceptors (Lipinski definition) is 2. The van der Waals surface area contributed by atoms with Crippen LogP contribution < -0.4 is 0 Å². The van der Waals surface area contributed by atoms with E-state index in [9.17, 15) is 4.79 Å². The normalized spacial score (nSPS) is 10.0. The maximum Gasteiger partial charge on any atom is 0.219 e. The molecule has 0 spiro atoms. The van der Waals surface area contributed by atoms with Crippen molar-refractivity contribution in [3.05, 3.63) is 35.4 Å². The Morgan fingerprint density at radius 2 is 2.00 bits per heavy atom. The Balaban J connectivity index is 2.74. The molecule has 0 saturated heterocycles. The second-order valence-electron chi connectivity index (χ2n) is 2.55. The molecule has 0 N–H and O–H groups in total. The average Bonchev–Trinajstić information content (AvgIpc) is 2.18. The molecule has 3 heteroatoms. The molecule has 0 heterocycles. The summed E-state index contributed by atoms with van der Waals surface area (Å²) in [6.45, 7) is 1.97. The third-order valence-electron chi connectivity index (χ3n) is 1.62. The quantitative estimate of drug-likeness (QED) is 0.719. The Kier molecular flexibility index (Phi) is 4.33. The van der Waals surface area contributed by atoms with Crippen molar-refractivity contribution in [2.45, 2.75) is 12.8 Å². The summed E-state index contributed by atoms with van der Waals surface area (Å²) < 4.78 is 0. The van der Waals surface area contributed by atoms with Crippen molar-refractivity contribution in [2.75, 3.05) is 5.75 Å². The summed E-state index contributed by atoms with van der Waals surface area (Å²) in [5, 5.41) is 0.128. The number of carbonyl (C=O) groups is 1. The highest BCUT2D eigenvalue weighted by Gasteiger charge is 2.03. The van der Waals surface area contributed by atoms with Crippen molar-refractivity contribution in [2.24, 2.45) is 0 Å². The second kappa shape index (κ2) is 5.30. The summed E-state index contributed by atoms with van der Waals surface area (Å²) in [5.74, 6) is 1.31. The van der Waals surface area contributed by atoms with Crippen molar-refractivity contribution < 1.29 is 4.79 Å². The van der Waals surface area contributed by atoms with E-state index in [0.717, 1.165) is 16.9 Å². The first-order valence-electron chi connectivity index (χ1n) is 4.10. The predicted molar refractivity (Wildman–Crippen MR) is 58.5 cm³/mol. The third-order valence-corrected chi connectivity index (χ3v) is 2.71. The zero-order valence-electron chi connectivity index (χ0n) is 7.42. The summed E-state index contributed by atoms with van der Waals surface area (Å²) in [5.41, 5.74) is 1.79. The number of benzene rings is 1. The van der Waals surface area contributed by atoms with Crippen LogP contribution in [0.25, 0.3) is 0 Å². The van der Waals surface area contributed by atoms with Crippen LogP contribution in [0, 0.1) is 0 Å². The molecule has 0 amide bonds. The lowest BCUT2D eigenvalue weighted by molar-refractivity contribution is 0.108. The number of carbonyl (C=O) groups excluding carboxylic acids is 1. The first-order chi connectivity index (χ1) is 6.27. The molecule has 0 unspecified atom stereocenters. The zero-order valence-corrected chi connectivity index (χ0v) is 8.99. The fourth-order valence-corrected chi connectivity index (χ4v) is 1.69. The molecule has 0 aliphatic carbocycles. The third kappa shape index (κ3) is 3.05. The molecule has 1 nitrogen and oxygen atoms in total. The first kappa shape index (κ1) is 10.6. The summed E-state index contributed by atoms with van der Waals surface area (Å²) >= 11 is 6.96. The van der Waals surface area contributed by atoms with Gasteiger partial charge in [-0.2, -0.15) is 0 Å². The molecule has 0 radical (unpaired) electrons. The Hall–Kier alpha value is -0.470. The van der Waals surface area contributed by atoms with Crippen LogP contribution in [0.1, 0.15) is 22.8 Å². The van der Waals surface area contributed by atoms with Gasteiger partial charge in [0.1, 0.15) is 0 Å². The second-order valence-corrected chi connectivity index (χ2v) is 4.06. The highest BCUT2D eigenvalue weighted by atomic mass is 35.5. The molecule has 1 rings (SSSR count). The van der Waals surface area contributed by atoms with Gasteiger partial charge in [0.15, 0.2) is 0 Å². The van der Waals surface area contributed by atoms with Gasteiger partial charge in [0.25, 0.3) is 0 Å². The zero-order chi connectivity index (χ0) is 9.68. The van der Waals surface area contributed by atoms with E-state index in [-0.39, 0.29) is 5.12 Å². The van der Waals surface area contributed by atoms with Gasteiger partial charge in [-0.05, 0) is 11.3 Å². The number of hydrogen-bond donors (Lipinski definition) is 0. The van der Waals surface area contributed by atoms with Crippen LogP contribution in [-0.2, 0) is 5.88 Å². The van der Waals surface area contributed by atoms with Crippen molar-refractivity contribution in [1.82, 2.24) is 0 Å². The van der Waals surface area contributed by atoms with E-state index < -0.39 is 0 Å². The van der Waals surface area contributed by atoms with Crippen molar-refractivity contribution in [3.8, 4) is 0 Å². The smallest absolute Gasteiger partial charge is 0.219 e. The summed E-state index contributed by atoms with van der Waals surface area (Å²) in [6, 6.07) is 7.42. The average molecular weight is 215 g/mol. The lowest BCUT2D eigenvalue weighted by Crippen LogP contribution is -1.93. The Labute approximate surface area is 87.5 Å². The molecular weight excluding hydrogens is 204 g/mol. The number of alkyl halides is 1. The highest BCUT2D eigenvalue weighted by Crippen LogP contribution is 2.13. The van der Waals surface area contributed by atoms with Crippen LogP contribution in [0.3, 0.4) is 0 Å².